The zero-order valence-corrected chi connectivity index (χ0v) is 18.4. The van der Waals surface area contributed by atoms with Gasteiger partial charge in [-0.1, -0.05) is 33.3 Å². The summed E-state index contributed by atoms with van der Waals surface area (Å²) in [6, 6.07) is 13.2. The topological polar surface area (TPSA) is 75.2 Å². The van der Waals surface area contributed by atoms with E-state index < -0.39 is 0 Å². The van der Waals surface area contributed by atoms with Gasteiger partial charge in [-0.05, 0) is 61.4 Å². The molecule has 2 amide bonds. The van der Waals surface area contributed by atoms with Crippen LogP contribution in [0.4, 0.5) is 10.8 Å². The van der Waals surface area contributed by atoms with Gasteiger partial charge in [0, 0.05) is 34.6 Å². The number of aromatic nitrogens is 2. The van der Waals surface area contributed by atoms with E-state index in [0.717, 1.165) is 26.3 Å². The fraction of sp³-hybridized carbons (Fsp3) is 0.238. The maximum absolute atomic E-state index is 12.6. The number of nitrogens with zero attached hydrogens (tertiary/aromatic N) is 3. The molecule has 1 aliphatic rings. The van der Waals surface area contributed by atoms with Crippen LogP contribution in [0.2, 0.25) is 0 Å². The molecular weight excluding hydrogens is 452 g/mol. The number of hydrogen-bond donors (Lipinski definition) is 1. The van der Waals surface area contributed by atoms with E-state index in [-0.39, 0.29) is 17.7 Å². The van der Waals surface area contributed by atoms with Crippen LogP contribution in [0.1, 0.15) is 38.8 Å². The number of aryl methyl sites for hydroxylation is 2. The number of carbonyl (C=O) groups is 2. The van der Waals surface area contributed by atoms with E-state index in [1.807, 2.05) is 43.0 Å². The lowest BCUT2D eigenvalue weighted by atomic mass is 10.1. The third-order valence-electron chi connectivity index (χ3n) is 4.76. The lowest BCUT2D eigenvalue weighted by molar-refractivity contribution is -0.117. The molecule has 29 heavy (non-hydrogen) atoms. The summed E-state index contributed by atoms with van der Waals surface area (Å²) >= 11 is 4.67. The zero-order valence-electron chi connectivity index (χ0n) is 16.0. The van der Waals surface area contributed by atoms with Gasteiger partial charge in [-0.25, -0.2) is 0 Å². The average Bonchev–Trinajstić information content (AvgIpc) is 3.28. The predicted octanol–water partition coefficient (Wildman–Crippen LogP) is 4.69. The number of anilines is 2. The summed E-state index contributed by atoms with van der Waals surface area (Å²) in [5.41, 5.74) is 3.72. The fourth-order valence-corrected chi connectivity index (χ4v) is 4.54. The molecule has 6 nitrogen and oxygen atoms in total. The van der Waals surface area contributed by atoms with E-state index >= 15 is 0 Å². The Balaban J connectivity index is 1.46. The minimum Gasteiger partial charge on any atom is -0.312 e. The van der Waals surface area contributed by atoms with Crippen LogP contribution >= 0.6 is 27.3 Å². The molecule has 0 bridgehead atoms. The number of benzene rings is 2. The van der Waals surface area contributed by atoms with E-state index in [4.69, 9.17) is 0 Å². The summed E-state index contributed by atoms with van der Waals surface area (Å²) in [5.74, 6) is -0.186. The molecule has 1 aliphatic heterocycles. The molecule has 148 valence electrons. The van der Waals surface area contributed by atoms with Crippen molar-refractivity contribution in [2.45, 2.75) is 26.2 Å². The van der Waals surface area contributed by atoms with Crippen molar-refractivity contribution in [2.75, 3.05) is 16.8 Å². The van der Waals surface area contributed by atoms with Crippen LogP contribution in [0.25, 0.3) is 0 Å². The maximum atomic E-state index is 12.6. The molecule has 0 radical (unpaired) electrons. The fourth-order valence-electron chi connectivity index (χ4n) is 3.45. The minimum atomic E-state index is -0.237. The molecule has 4 rings (SSSR count). The molecular formula is C21H19BrN4O2S. The van der Waals surface area contributed by atoms with Gasteiger partial charge in [0.15, 0.2) is 0 Å². The van der Waals surface area contributed by atoms with Crippen molar-refractivity contribution in [1.82, 2.24) is 10.2 Å². The molecule has 1 atom stereocenters. The third kappa shape index (κ3) is 4.38. The van der Waals surface area contributed by atoms with Crippen LogP contribution in [0.15, 0.2) is 46.9 Å². The van der Waals surface area contributed by atoms with Crippen molar-refractivity contribution in [1.29, 1.82) is 0 Å². The highest BCUT2D eigenvalue weighted by Crippen LogP contribution is 2.35. The van der Waals surface area contributed by atoms with E-state index in [1.165, 1.54) is 11.3 Å². The van der Waals surface area contributed by atoms with Crippen LogP contribution in [0, 0.1) is 13.8 Å². The van der Waals surface area contributed by atoms with Gasteiger partial charge in [0.25, 0.3) is 5.91 Å². The van der Waals surface area contributed by atoms with Gasteiger partial charge in [-0.15, -0.1) is 10.2 Å². The number of rotatable bonds is 4. The van der Waals surface area contributed by atoms with Gasteiger partial charge < -0.3 is 4.90 Å². The van der Waals surface area contributed by atoms with Crippen molar-refractivity contribution in [3.05, 3.63) is 68.6 Å². The van der Waals surface area contributed by atoms with Crippen molar-refractivity contribution in [3.63, 3.8) is 0 Å². The lowest BCUT2D eigenvalue weighted by Crippen LogP contribution is -2.24. The number of hydrogen-bond acceptors (Lipinski definition) is 5. The monoisotopic (exact) mass is 470 g/mol. The van der Waals surface area contributed by atoms with Crippen molar-refractivity contribution in [3.8, 4) is 0 Å². The summed E-state index contributed by atoms with van der Waals surface area (Å²) in [5, 5.41) is 12.3. The minimum absolute atomic E-state index is 0.0286. The molecule has 8 heteroatoms. The molecule has 1 saturated heterocycles. The van der Waals surface area contributed by atoms with E-state index in [9.17, 15) is 9.59 Å². The van der Waals surface area contributed by atoms with E-state index in [1.54, 1.807) is 12.1 Å². The molecule has 1 fully saturated rings. The van der Waals surface area contributed by atoms with Crippen LogP contribution < -0.4 is 10.2 Å². The molecule has 0 saturated carbocycles. The van der Waals surface area contributed by atoms with Crippen LogP contribution in [-0.4, -0.2) is 28.6 Å². The number of carbonyl (C=O) groups excluding carboxylic acids is 2. The highest BCUT2D eigenvalue weighted by Gasteiger charge is 2.34. The number of halogens is 1. The molecule has 2 heterocycles. The molecule has 3 aromatic rings. The first-order valence-electron chi connectivity index (χ1n) is 9.18. The van der Waals surface area contributed by atoms with Gasteiger partial charge in [0.05, 0.1) is 0 Å². The molecule has 0 spiro atoms. The van der Waals surface area contributed by atoms with Crippen molar-refractivity contribution in [2.24, 2.45) is 0 Å². The van der Waals surface area contributed by atoms with Gasteiger partial charge >= 0.3 is 0 Å². The Morgan fingerprint density at radius 2 is 1.83 bits per heavy atom. The second kappa shape index (κ2) is 8.04. The van der Waals surface area contributed by atoms with Crippen molar-refractivity contribution >= 4 is 49.9 Å². The molecule has 0 aliphatic carbocycles. The van der Waals surface area contributed by atoms with Gasteiger partial charge in [-0.3, -0.25) is 14.9 Å². The SMILES string of the molecule is Cc1cc(C)cc(N2CC(c3nnc(NC(=O)c4ccc(Br)cc4)s3)CC2=O)c1. The Morgan fingerprint density at radius 1 is 1.14 bits per heavy atom. The first-order chi connectivity index (χ1) is 13.9. The second-order valence-electron chi connectivity index (χ2n) is 7.16. The summed E-state index contributed by atoms with van der Waals surface area (Å²) in [7, 11) is 0. The second-order valence-corrected chi connectivity index (χ2v) is 9.08. The van der Waals surface area contributed by atoms with Gasteiger partial charge in [-0.2, -0.15) is 0 Å². The molecule has 2 aromatic carbocycles. The maximum Gasteiger partial charge on any atom is 0.257 e. The third-order valence-corrected chi connectivity index (χ3v) is 6.29. The highest BCUT2D eigenvalue weighted by molar-refractivity contribution is 9.10. The van der Waals surface area contributed by atoms with Gasteiger partial charge in [0.2, 0.25) is 11.0 Å². The summed E-state index contributed by atoms with van der Waals surface area (Å²) in [6.45, 7) is 4.62. The Bertz CT molecular complexity index is 1060. The van der Waals surface area contributed by atoms with Crippen LogP contribution in [0.5, 0.6) is 0 Å². The largest absolute Gasteiger partial charge is 0.312 e. The lowest BCUT2D eigenvalue weighted by Gasteiger charge is -2.17. The van der Waals surface area contributed by atoms with Crippen molar-refractivity contribution < 1.29 is 9.59 Å². The Labute approximate surface area is 181 Å². The average molecular weight is 471 g/mol. The van der Waals surface area contributed by atoms with E-state index in [0.29, 0.717) is 23.7 Å². The molecule has 1 unspecified atom stereocenters. The molecule has 1 aromatic heterocycles. The first kappa shape index (κ1) is 19.7. The quantitative estimate of drug-likeness (QED) is 0.599. The van der Waals surface area contributed by atoms with E-state index in [2.05, 4.69) is 37.5 Å². The predicted molar refractivity (Wildman–Crippen MR) is 118 cm³/mol. The summed E-state index contributed by atoms with van der Waals surface area (Å²) < 4.78 is 0.909. The summed E-state index contributed by atoms with van der Waals surface area (Å²) in [6.07, 6.45) is 0.391. The standard InChI is InChI=1S/C21H19BrN4O2S/c1-12-7-13(2)9-17(8-12)26-11-15(10-18(26)27)20-24-25-21(29-20)23-19(28)14-3-5-16(22)6-4-14/h3-9,15H,10-11H2,1-2H3,(H,23,25,28). The Kier molecular flexibility index (Phi) is 5.47. The van der Waals surface area contributed by atoms with Gasteiger partial charge in [0.1, 0.15) is 5.01 Å². The Morgan fingerprint density at radius 3 is 2.52 bits per heavy atom. The highest BCUT2D eigenvalue weighted by atomic mass is 79.9. The smallest absolute Gasteiger partial charge is 0.257 e. The number of amides is 2. The zero-order chi connectivity index (χ0) is 20.5. The summed E-state index contributed by atoms with van der Waals surface area (Å²) in [4.78, 5) is 26.8. The van der Waals surface area contributed by atoms with Crippen LogP contribution in [0.3, 0.4) is 0 Å². The molecule has 1 N–H and O–H groups in total. The Hall–Kier alpha value is -2.58. The van der Waals surface area contributed by atoms with Crippen LogP contribution in [-0.2, 0) is 4.79 Å². The number of nitrogens with one attached hydrogen (secondary N) is 1. The normalized spacial score (nSPS) is 16.3. The first-order valence-corrected chi connectivity index (χ1v) is 10.8.